The number of aldehydes is 1. The molecule has 0 aromatic heterocycles. The fraction of sp³-hybridized carbons (Fsp3) is 0.0625. The van der Waals surface area contributed by atoms with Crippen LogP contribution in [-0.4, -0.2) is 6.29 Å². The van der Waals surface area contributed by atoms with E-state index >= 15 is 0 Å². The molecule has 0 aliphatic carbocycles. The van der Waals surface area contributed by atoms with Gasteiger partial charge in [-0.15, -0.1) is 0 Å². The van der Waals surface area contributed by atoms with Crippen LogP contribution in [0.1, 0.15) is 11.1 Å². The van der Waals surface area contributed by atoms with Gasteiger partial charge in [0.1, 0.15) is 18.6 Å². The van der Waals surface area contributed by atoms with Crippen LogP contribution >= 0.6 is 23.2 Å². The summed E-state index contributed by atoms with van der Waals surface area (Å²) in [6.07, 6.45) is 3.85. The fourth-order valence-electron chi connectivity index (χ4n) is 1.71. The summed E-state index contributed by atoms with van der Waals surface area (Å²) in [7, 11) is 0. The Morgan fingerprint density at radius 2 is 1.85 bits per heavy atom. The zero-order valence-corrected chi connectivity index (χ0v) is 12.1. The van der Waals surface area contributed by atoms with Crippen LogP contribution in [0.3, 0.4) is 0 Å². The minimum absolute atomic E-state index is 0.311. The van der Waals surface area contributed by atoms with E-state index in [2.05, 4.69) is 0 Å². The monoisotopic (exact) mass is 306 g/mol. The number of rotatable bonds is 5. The smallest absolute Gasteiger partial charge is 0.142 e. The van der Waals surface area contributed by atoms with Gasteiger partial charge >= 0.3 is 0 Å². The van der Waals surface area contributed by atoms with Crippen molar-refractivity contribution in [3.63, 3.8) is 0 Å². The molecule has 0 aliphatic heterocycles. The van der Waals surface area contributed by atoms with E-state index in [1.54, 1.807) is 12.1 Å². The van der Waals surface area contributed by atoms with Gasteiger partial charge in [-0.1, -0.05) is 53.5 Å². The third-order valence-electron chi connectivity index (χ3n) is 2.69. The Kier molecular flexibility index (Phi) is 5.22. The van der Waals surface area contributed by atoms with Gasteiger partial charge in [0.25, 0.3) is 0 Å². The van der Waals surface area contributed by atoms with E-state index in [9.17, 15) is 4.79 Å². The Balaban J connectivity index is 2.17. The quantitative estimate of drug-likeness (QED) is 0.586. The SMILES string of the molecule is O=C/C=C/c1ccccc1OCc1cccc(Cl)c1Cl. The number of carbonyl (C=O) groups is 1. The second-order valence-corrected chi connectivity index (χ2v) is 4.82. The Labute approximate surface area is 127 Å². The van der Waals surface area contributed by atoms with Crippen LogP contribution in [0.4, 0.5) is 0 Å². The molecule has 0 unspecified atom stereocenters. The zero-order valence-electron chi connectivity index (χ0n) is 10.6. The second-order valence-electron chi connectivity index (χ2n) is 4.03. The number of para-hydroxylation sites is 1. The molecule has 0 spiro atoms. The minimum atomic E-state index is 0.311. The Morgan fingerprint density at radius 3 is 2.65 bits per heavy atom. The summed E-state index contributed by atoms with van der Waals surface area (Å²) in [6.45, 7) is 0.311. The number of ether oxygens (including phenoxy) is 1. The lowest BCUT2D eigenvalue weighted by Crippen LogP contribution is -1.98. The van der Waals surface area contributed by atoms with E-state index in [0.717, 1.165) is 17.4 Å². The molecule has 102 valence electrons. The van der Waals surface area contributed by atoms with E-state index < -0.39 is 0 Å². The van der Waals surface area contributed by atoms with Crippen molar-refractivity contribution in [2.75, 3.05) is 0 Å². The van der Waals surface area contributed by atoms with Crippen LogP contribution in [0.5, 0.6) is 5.75 Å². The number of allylic oxidation sites excluding steroid dienone is 1. The summed E-state index contributed by atoms with van der Waals surface area (Å²) < 4.78 is 5.75. The van der Waals surface area contributed by atoms with Gasteiger partial charge in [-0.3, -0.25) is 4.79 Å². The standard InChI is InChI=1S/C16H12Cl2O2/c17-14-8-3-6-13(16(14)18)11-20-15-9-2-1-5-12(15)7-4-10-19/h1-10H,11H2/b7-4+. The van der Waals surface area contributed by atoms with E-state index in [4.69, 9.17) is 27.9 Å². The van der Waals surface area contributed by atoms with Crippen LogP contribution in [0.25, 0.3) is 6.08 Å². The predicted octanol–water partition coefficient (Wildman–Crippen LogP) is 4.78. The molecule has 0 saturated heterocycles. The molecular formula is C16H12Cl2O2. The van der Waals surface area contributed by atoms with Crippen molar-refractivity contribution in [2.45, 2.75) is 6.61 Å². The minimum Gasteiger partial charge on any atom is -0.488 e. The number of hydrogen-bond donors (Lipinski definition) is 0. The summed E-state index contributed by atoms with van der Waals surface area (Å²) in [4.78, 5) is 10.4. The van der Waals surface area contributed by atoms with Gasteiger partial charge in [0.15, 0.2) is 0 Å². The summed E-state index contributed by atoms with van der Waals surface area (Å²) in [5, 5.41) is 0.997. The Bertz CT molecular complexity index is 636. The highest BCUT2D eigenvalue weighted by molar-refractivity contribution is 6.42. The summed E-state index contributed by atoms with van der Waals surface area (Å²) in [6, 6.07) is 12.9. The Morgan fingerprint density at radius 1 is 1.05 bits per heavy atom. The molecule has 0 heterocycles. The largest absolute Gasteiger partial charge is 0.488 e. The fourth-order valence-corrected chi connectivity index (χ4v) is 2.08. The number of benzene rings is 2. The molecule has 0 atom stereocenters. The van der Waals surface area contributed by atoms with Gasteiger partial charge in [0, 0.05) is 11.1 Å². The number of carbonyl (C=O) groups excluding carboxylic acids is 1. The number of halogens is 2. The molecule has 4 heteroatoms. The number of hydrogen-bond acceptors (Lipinski definition) is 2. The second kappa shape index (κ2) is 7.13. The van der Waals surface area contributed by atoms with Crippen LogP contribution in [0.2, 0.25) is 10.0 Å². The third-order valence-corrected chi connectivity index (χ3v) is 3.55. The first kappa shape index (κ1) is 14.6. The molecule has 0 radical (unpaired) electrons. The molecule has 0 saturated carbocycles. The first-order valence-electron chi connectivity index (χ1n) is 5.99. The molecule has 2 nitrogen and oxygen atoms in total. The molecule has 20 heavy (non-hydrogen) atoms. The first-order chi connectivity index (χ1) is 9.72. The van der Waals surface area contributed by atoms with Gasteiger partial charge in [-0.05, 0) is 24.3 Å². The highest BCUT2D eigenvalue weighted by Gasteiger charge is 2.06. The molecule has 0 amide bonds. The lowest BCUT2D eigenvalue weighted by atomic mass is 10.2. The van der Waals surface area contributed by atoms with E-state index in [-0.39, 0.29) is 0 Å². The molecule has 2 rings (SSSR count). The molecule has 0 N–H and O–H groups in total. The van der Waals surface area contributed by atoms with Crippen molar-refractivity contribution >= 4 is 35.6 Å². The molecule has 2 aromatic rings. The molecule has 0 bridgehead atoms. The van der Waals surface area contributed by atoms with E-state index in [1.165, 1.54) is 6.08 Å². The third kappa shape index (κ3) is 3.62. The maximum Gasteiger partial charge on any atom is 0.142 e. The highest BCUT2D eigenvalue weighted by Crippen LogP contribution is 2.27. The maximum atomic E-state index is 10.4. The normalized spacial score (nSPS) is 10.7. The first-order valence-corrected chi connectivity index (χ1v) is 6.74. The van der Waals surface area contributed by atoms with Crippen molar-refractivity contribution in [1.82, 2.24) is 0 Å². The van der Waals surface area contributed by atoms with Crippen LogP contribution in [0, 0.1) is 0 Å². The van der Waals surface area contributed by atoms with Crippen molar-refractivity contribution in [3.05, 3.63) is 69.7 Å². The van der Waals surface area contributed by atoms with Gasteiger partial charge < -0.3 is 4.74 Å². The average Bonchev–Trinajstić information content (AvgIpc) is 2.47. The van der Waals surface area contributed by atoms with Gasteiger partial charge in [-0.2, -0.15) is 0 Å². The molecular weight excluding hydrogens is 295 g/mol. The summed E-state index contributed by atoms with van der Waals surface area (Å²) in [5.74, 6) is 0.682. The molecule has 2 aromatic carbocycles. The van der Waals surface area contributed by atoms with Crippen LogP contribution < -0.4 is 4.74 Å². The predicted molar refractivity (Wildman–Crippen MR) is 82.3 cm³/mol. The van der Waals surface area contributed by atoms with Crippen LogP contribution in [0.15, 0.2) is 48.5 Å². The van der Waals surface area contributed by atoms with E-state index in [0.29, 0.717) is 22.4 Å². The van der Waals surface area contributed by atoms with Crippen molar-refractivity contribution in [3.8, 4) is 5.75 Å². The van der Waals surface area contributed by atoms with Gasteiger partial charge in [0.05, 0.1) is 10.0 Å². The molecule has 0 fully saturated rings. The topological polar surface area (TPSA) is 26.3 Å². The lowest BCUT2D eigenvalue weighted by Gasteiger charge is -2.10. The highest BCUT2D eigenvalue weighted by atomic mass is 35.5. The summed E-state index contributed by atoms with van der Waals surface area (Å²) in [5.41, 5.74) is 1.64. The van der Waals surface area contributed by atoms with E-state index in [1.807, 2.05) is 36.4 Å². The van der Waals surface area contributed by atoms with Crippen molar-refractivity contribution < 1.29 is 9.53 Å². The summed E-state index contributed by atoms with van der Waals surface area (Å²) >= 11 is 12.1. The lowest BCUT2D eigenvalue weighted by molar-refractivity contribution is -0.104. The van der Waals surface area contributed by atoms with Crippen molar-refractivity contribution in [1.29, 1.82) is 0 Å². The van der Waals surface area contributed by atoms with Gasteiger partial charge in [0.2, 0.25) is 0 Å². The Hall–Kier alpha value is -1.77. The van der Waals surface area contributed by atoms with Crippen molar-refractivity contribution in [2.24, 2.45) is 0 Å². The molecule has 0 aliphatic rings. The van der Waals surface area contributed by atoms with Crippen LogP contribution in [-0.2, 0) is 11.4 Å². The average molecular weight is 307 g/mol. The van der Waals surface area contributed by atoms with Gasteiger partial charge in [-0.25, -0.2) is 0 Å². The zero-order chi connectivity index (χ0) is 14.4. The maximum absolute atomic E-state index is 10.4.